The molecule has 2 fully saturated rings. The highest BCUT2D eigenvalue weighted by molar-refractivity contribution is 6.00. The summed E-state index contributed by atoms with van der Waals surface area (Å²) in [5.74, 6) is 0.687. The van der Waals surface area contributed by atoms with Crippen LogP contribution in [0.5, 0.6) is 5.75 Å². The van der Waals surface area contributed by atoms with Crippen LogP contribution in [0.2, 0.25) is 0 Å². The van der Waals surface area contributed by atoms with Crippen molar-refractivity contribution < 1.29 is 18.3 Å². The number of hydrogen-bond acceptors (Lipinski definition) is 2. The molecule has 0 bridgehead atoms. The second-order valence-corrected chi connectivity index (χ2v) is 5.97. The Bertz CT molecular complexity index is 724. The Morgan fingerprint density at radius 3 is 2.77 bits per heavy atom. The summed E-state index contributed by atoms with van der Waals surface area (Å²) >= 11 is 0. The van der Waals surface area contributed by atoms with E-state index in [0.717, 1.165) is 13.0 Å². The van der Waals surface area contributed by atoms with Gasteiger partial charge in [0.15, 0.2) is 0 Å². The minimum atomic E-state index is -2.88. The van der Waals surface area contributed by atoms with Crippen LogP contribution in [-0.4, -0.2) is 35.0 Å². The third-order valence-corrected chi connectivity index (χ3v) is 4.56. The molecule has 1 aromatic carbocycles. The molecule has 1 aliphatic carbocycles. The van der Waals surface area contributed by atoms with Gasteiger partial charge >= 0.3 is 6.61 Å². The summed E-state index contributed by atoms with van der Waals surface area (Å²) < 4.78 is 29.4. The van der Waals surface area contributed by atoms with Gasteiger partial charge in [-0.1, -0.05) is 6.07 Å². The van der Waals surface area contributed by atoms with Gasteiger partial charge in [0, 0.05) is 23.5 Å². The molecule has 1 amide bonds. The first-order chi connectivity index (χ1) is 10.6. The molecule has 22 heavy (non-hydrogen) atoms. The number of carbonyl (C=O) groups excluding carboxylic acids is 1. The van der Waals surface area contributed by atoms with Gasteiger partial charge in [0.1, 0.15) is 11.4 Å². The van der Waals surface area contributed by atoms with Crippen LogP contribution in [0.1, 0.15) is 29.8 Å². The zero-order valence-electron chi connectivity index (χ0n) is 11.9. The number of likely N-dealkylation sites (tertiary alicyclic amines) is 1. The molecule has 1 saturated heterocycles. The van der Waals surface area contributed by atoms with Crippen molar-refractivity contribution in [1.82, 2.24) is 9.88 Å². The van der Waals surface area contributed by atoms with E-state index in [2.05, 4.69) is 9.72 Å². The number of rotatable bonds is 4. The summed E-state index contributed by atoms with van der Waals surface area (Å²) in [6, 6.07) is 6.82. The molecule has 4 nitrogen and oxygen atoms in total. The fourth-order valence-corrected chi connectivity index (χ4v) is 3.23. The Kier molecular flexibility index (Phi) is 3.06. The van der Waals surface area contributed by atoms with E-state index in [1.807, 2.05) is 4.90 Å². The first kappa shape index (κ1) is 13.5. The number of fused-ring (bicyclic) bond motifs is 1. The molecule has 1 aromatic heterocycles. The topological polar surface area (TPSA) is 45.3 Å². The summed E-state index contributed by atoms with van der Waals surface area (Å²) in [6.07, 6.45) is 3.47. The number of ether oxygens (including phenoxy) is 1. The van der Waals surface area contributed by atoms with E-state index in [1.165, 1.54) is 18.9 Å². The van der Waals surface area contributed by atoms with Crippen molar-refractivity contribution in [1.29, 1.82) is 0 Å². The van der Waals surface area contributed by atoms with Crippen molar-refractivity contribution >= 4 is 16.8 Å². The zero-order chi connectivity index (χ0) is 15.3. The second kappa shape index (κ2) is 4.97. The number of aromatic nitrogens is 1. The number of carbonyl (C=O) groups is 1. The number of H-pyrrole nitrogens is 1. The van der Waals surface area contributed by atoms with Crippen molar-refractivity contribution in [3.63, 3.8) is 0 Å². The maximum atomic E-state index is 12.6. The number of nitrogens with zero attached hydrogens (tertiary/aromatic N) is 1. The lowest BCUT2D eigenvalue weighted by atomic mass is 9.97. The fourth-order valence-electron chi connectivity index (χ4n) is 3.23. The van der Waals surface area contributed by atoms with E-state index >= 15 is 0 Å². The molecule has 1 N–H and O–H groups in total. The van der Waals surface area contributed by atoms with Crippen LogP contribution < -0.4 is 4.74 Å². The molecule has 116 valence electrons. The van der Waals surface area contributed by atoms with Gasteiger partial charge in [0.2, 0.25) is 0 Å². The summed E-state index contributed by atoms with van der Waals surface area (Å²) in [5, 5.41) is 0.509. The summed E-state index contributed by atoms with van der Waals surface area (Å²) in [6.45, 7) is -2.11. The van der Waals surface area contributed by atoms with E-state index < -0.39 is 6.61 Å². The van der Waals surface area contributed by atoms with E-state index in [0.29, 0.717) is 28.6 Å². The monoisotopic (exact) mass is 306 g/mol. The molecule has 0 radical (unpaired) electrons. The molecule has 2 aliphatic rings. The van der Waals surface area contributed by atoms with Gasteiger partial charge < -0.3 is 14.6 Å². The van der Waals surface area contributed by atoms with Gasteiger partial charge in [-0.3, -0.25) is 4.79 Å². The summed E-state index contributed by atoms with van der Waals surface area (Å²) in [5.41, 5.74) is 1.07. The quantitative estimate of drug-likeness (QED) is 0.941. The van der Waals surface area contributed by atoms with Crippen LogP contribution in [0.4, 0.5) is 8.78 Å². The Morgan fingerprint density at radius 2 is 2.14 bits per heavy atom. The minimum absolute atomic E-state index is 0.0534. The molecular weight excluding hydrogens is 290 g/mol. The van der Waals surface area contributed by atoms with Crippen molar-refractivity contribution in [3.8, 4) is 5.75 Å². The lowest BCUT2D eigenvalue weighted by molar-refractivity contribution is -0.0487. The number of nitrogens with one attached hydrogen (secondary N) is 1. The average Bonchev–Trinajstić information content (AvgIpc) is 3.14. The van der Waals surface area contributed by atoms with Crippen LogP contribution in [-0.2, 0) is 0 Å². The maximum absolute atomic E-state index is 12.6. The molecule has 6 heteroatoms. The minimum Gasteiger partial charge on any atom is -0.434 e. The third-order valence-electron chi connectivity index (χ3n) is 4.56. The Hall–Kier alpha value is -2.11. The van der Waals surface area contributed by atoms with Crippen LogP contribution >= 0.6 is 0 Å². The van der Waals surface area contributed by atoms with Gasteiger partial charge in [-0.2, -0.15) is 8.78 Å². The van der Waals surface area contributed by atoms with Crippen molar-refractivity contribution in [2.75, 3.05) is 6.54 Å². The predicted molar refractivity (Wildman–Crippen MR) is 77.1 cm³/mol. The van der Waals surface area contributed by atoms with Gasteiger partial charge in [-0.05, 0) is 43.4 Å². The first-order valence-corrected chi connectivity index (χ1v) is 7.51. The van der Waals surface area contributed by atoms with Gasteiger partial charge in [-0.15, -0.1) is 0 Å². The molecular formula is C16H16F2N2O2. The summed E-state index contributed by atoms with van der Waals surface area (Å²) in [7, 11) is 0. The molecule has 1 aliphatic heterocycles. The number of hydrogen-bond donors (Lipinski definition) is 1. The third kappa shape index (κ3) is 2.23. The zero-order valence-corrected chi connectivity index (χ0v) is 11.9. The van der Waals surface area contributed by atoms with Crippen LogP contribution in [0.3, 0.4) is 0 Å². The Balaban J connectivity index is 1.63. The van der Waals surface area contributed by atoms with Gasteiger partial charge in [0.05, 0.1) is 0 Å². The predicted octanol–water partition coefficient (Wildman–Crippen LogP) is 3.39. The van der Waals surface area contributed by atoms with Crippen molar-refractivity contribution in [2.45, 2.75) is 31.9 Å². The average molecular weight is 306 g/mol. The largest absolute Gasteiger partial charge is 0.434 e. The molecule has 1 unspecified atom stereocenters. The molecule has 1 atom stereocenters. The Labute approximate surface area is 126 Å². The molecule has 4 rings (SSSR count). The number of benzene rings is 1. The SMILES string of the molecule is O=C(c1cc2c(OC(F)F)cccc2[nH]1)N1CCC1C1CC1. The molecule has 1 saturated carbocycles. The lowest BCUT2D eigenvalue weighted by Gasteiger charge is -2.41. The second-order valence-electron chi connectivity index (χ2n) is 5.97. The van der Waals surface area contributed by atoms with Crippen LogP contribution in [0.15, 0.2) is 24.3 Å². The molecule has 2 aromatic rings. The summed E-state index contributed by atoms with van der Waals surface area (Å²) in [4.78, 5) is 17.5. The van der Waals surface area contributed by atoms with Crippen molar-refractivity contribution in [2.24, 2.45) is 5.92 Å². The highest BCUT2D eigenvalue weighted by Gasteiger charge is 2.43. The van der Waals surface area contributed by atoms with Gasteiger partial charge in [-0.25, -0.2) is 0 Å². The van der Waals surface area contributed by atoms with Gasteiger partial charge in [0.25, 0.3) is 5.91 Å². The van der Waals surface area contributed by atoms with Crippen LogP contribution in [0.25, 0.3) is 10.9 Å². The first-order valence-electron chi connectivity index (χ1n) is 7.51. The Morgan fingerprint density at radius 1 is 1.32 bits per heavy atom. The number of alkyl halides is 2. The van der Waals surface area contributed by atoms with E-state index in [9.17, 15) is 13.6 Å². The van der Waals surface area contributed by atoms with E-state index in [1.54, 1.807) is 18.2 Å². The highest BCUT2D eigenvalue weighted by atomic mass is 19.3. The molecule has 2 heterocycles. The normalized spacial score (nSPS) is 21.2. The molecule has 0 spiro atoms. The van der Waals surface area contributed by atoms with E-state index in [4.69, 9.17) is 0 Å². The number of aromatic amines is 1. The number of halogens is 2. The van der Waals surface area contributed by atoms with Crippen LogP contribution in [0, 0.1) is 5.92 Å². The number of amides is 1. The lowest BCUT2D eigenvalue weighted by Crippen LogP contribution is -2.52. The van der Waals surface area contributed by atoms with Crippen molar-refractivity contribution in [3.05, 3.63) is 30.0 Å². The fraction of sp³-hybridized carbons (Fsp3) is 0.438. The highest BCUT2D eigenvalue weighted by Crippen LogP contribution is 2.41. The standard InChI is InChI=1S/C16H16F2N2O2/c17-16(18)22-14-3-1-2-11-10(14)8-12(19-11)15(21)20-7-6-13(20)9-4-5-9/h1-3,8-9,13,16,19H,4-7H2. The smallest absolute Gasteiger partial charge is 0.387 e. The van der Waals surface area contributed by atoms with E-state index in [-0.39, 0.29) is 11.7 Å². The maximum Gasteiger partial charge on any atom is 0.387 e.